The highest BCUT2D eigenvalue weighted by Gasteiger charge is 2.21. The molecule has 6 nitrogen and oxygen atoms in total. The molecule has 1 aromatic carbocycles. The van der Waals surface area contributed by atoms with Gasteiger partial charge in [-0.15, -0.1) is 0 Å². The van der Waals surface area contributed by atoms with Gasteiger partial charge in [-0.05, 0) is 44.4 Å². The van der Waals surface area contributed by atoms with Gasteiger partial charge in [0.05, 0.1) is 10.5 Å². The summed E-state index contributed by atoms with van der Waals surface area (Å²) in [7, 11) is -3.62. The number of amides is 1. The van der Waals surface area contributed by atoms with Crippen molar-refractivity contribution >= 4 is 15.9 Å². The van der Waals surface area contributed by atoms with E-state index in [1.807, 2.05) is 4.90 Å². The predicted molar refractivity (Wildman–Crippen MR) is 87.4 cm³/mol. The van der Waals surface area contributed by atoms with E-state index in [0.29, 0.717) is 19.4 Å². The third-order valence-electron chi connectivity index (χ3n) is 3.77. The third-order valence-corrected chi connectivity index (χ3v) is 5.19. The van der Waals surface area contributed by atoms with Crippen LogP contribution in [0.15, 0.2) is 29.2 Å². The number of nitrogens with zero attached hydrogens (tertiary/aromatic N) is 1. The first-order chi connectivity index (χ1) is 10.7. The maximum absolute atomic E-state index is 12.1. The van der Waals surface area contributed by atoms with Crippen molar-refractivity contribution in [2.24, 2.45) is 0 Å². The number of rotatable bonds is 7. The Morgan fingerprint density at radius 1 is 1.26 bits per heavy atom. The molecule has 1 saturated heterocycles. The monoisotopic (exact) mass is 340 g/mol. The minimum Gasteiger partial charge on any atom is -0.389 e. The molecule has 1 fully saturated rings. The fourth-order valence-corrected chi connectivity index (χ4v) is 3.60. The fraction of sp³-hybridized carbons (Fsp3) is 0.562. The van der Waals surface area contributed by atoms with E-state index >= 15 is 0 Å². The molecule has 0 atom stereocenters. The van der Waals surface area contributed by atoms with E-state index in [9.17, 15) is 18.3 Å². The molecule has 0 radical (unpaired) electrons. The fourth-order valence-electron chi connectivity index (χ4n) is 2.39. The van der Waals surface area contributed by atoms with Gasteiger partial charge < -0.3 is 10.0 Å². The van der Waals surface area contributed by atoms with Gasteiger partial charge in [0.2, 0.25) is 15.9 Å². The molecule has 0 aliphatic carbocycles. The largest absolute Gasteiger partial charge is 0.389 e. The summed E-state index contributed by atoms with van der Waals surface area (Å²) < 4.78 is 26.6. The van der Waals surface area contributed by atoms with Crippen molar-refractivity contribution in [1.29, 1.82) is 0 Å². The summed E-state index contributed by atoms with van der Waals surface area (Å²) in [6.07, 6.45) is 2.26. The Morgan fingerprint density at radius 2 is 1.91 bits per heavy atom. The van der Waals surface area contributed by atoms with E-state index in [1.165, 1.54) is 13.8 Å². The van der Waals surface area contributed by atoms with E-state index < -0.39 is 15.6 Å². The number of benzene rings is 1. The van der Waals surface area contributed by atoms with Crippen molar-refractivity contribution in [2.75, 3.05) is 19.6 Å². The van der Waals surface area contributed by atoms with Crippen molar-refractivity contribution in [3.05, 3.63) is 29.8 Å². The number of nitrogens with one attached hydrogen (secondary N) is 1. The van der Waals surface area contributed by atoms with Crippen LogP contribution in [0.4, 0.5) is 0 Å². The number of carbonyl (C=O) groups is 1. The van der Waals surface area contributed by atoms with Gasteiger partial charge in [-0.3, -0.25) is 4.79 Å². The predicted octanol–water partition coefficient (Wildman–Crippen LogP) is 0.901. The normalized spacial score (nSPS) is 16.1. The lowest BCUT2D eigenvalue weighted by atomic mass is 10.1. The number of carbonyl (C=O) groups excluding carboxylic acids is 1. The Morgan fingerprint density at radius 3 is 2.43 bits per heavy atom. The maximum atomic E-state index is 12.1. The van der Waals surface area contributed by atoms with E-state index in [2.05, 4.69) is 4.72 Å². The van der Waals surface area contributed by atoms with Crippen LogP contribution in [0.25, 0.3) is 0 Å². The van der Waals surface area contributed by atoms with Gasteiger partial charge in [-0.1, -0.05) is 12.1 Å². The van der Waals surface area contributed by atoms with E-state index in [0.717, 1.165) is 18.5 Å². The molecule has 0 unspecified atom stereocenters. The van der Waals surface area contributed by atoms with Gasteiger partial charge in [0, 0.05) is 26.1 Å². The van der Waals surface area contributed by atoms with Crippen LogP contribution in [0.3, 0.4) is 0 Å². The lowest BCUT2D eigenvalue weighted by Gasteiger charge is -2.18. The van der Waals surface area contributed by atoms with Crippen LogP contribution in [0, 0.1) is 0 Å². The molecule has 1 heterocycles. The molecule has 1 aromatic rings. The summed E-state index contributed by atoms with van der Waals surface area (Å²) in [6, 6.07) is 6.63. The highest BCUT2D eigenvalue weighted by Crippen LogP contribution is 2.14. The summed E-state index contributed by atoms with van der Waals surface area (Å²) in [4.78, 5) is 13.6. The van der Waals surface area contributed by atoms with Gasteiger partial charge in [0.25, 0.3) is 0 Å². The van der Waals surface area contributed by atoms with E-state index in [4.69, 9.17) is 0 Å². The van der Waals surface area contributed by atoms with Crippen LogP contribution < -0.4 is 4.72 Å². The zero-order valence-electron chi connectivity index (χ0n) is 13.6. The summed E-state index contributed by atoms with van der Waals surface area (Å²) in [5.41, 5.74) is -0.110. The SMILES string of the molecule is CC(C)(O)CNS(=O)(=O)c1ccc(CCN2CCCC2=O)cc1. The molecule has 0 saturated carbocycles. The van der Waals surface area contributed by atoms with Crippen LogP contribution in [0.5, 0.6) is 0 Å². The van der Waals surface area contributed by atoms with Crippen molar-refractivity contribution in [1.82, 2.24) is 9.62 Å². The average molecular weight is 340 g/mol. The van der Waals surface area contributed by atoms with Crippen LogP contribution in [-0.4, -0.2) is 49.6 Å². The quantitative estimate of drug-likeness (QED) is 0.772. The lowest BCUT2D eigenvalue weighted by Crippen LogP contribution is -2.38. The highest BCUT2D eigenvalue weighted by atomic mass is 32.2. The first-order valence-electron chi connectivity index (χ1n) is 7.76. The standard InChI is InChI=1S/C16H24N2O4S/c1-16(2,20)12-17-23(21,22)14-7-5-13(6-8-14)9-11-18-10-3-4-15(18)19/h5-8,17,20H,3-4,9-12H2,1-2H3. The zero-order chi connectivity index (χ0) is 17.1. The van der Waals surface area contributed by atoms with Crippen LogP contribution >= 0.6 is 0 Å². The molecule has 1 aliphatic heterocycles. The summed E-state index contributed by atoms with van der Waals surface area (Å²) >= 11 is 0. The second-order valence-corrected chi connectivity index (χ2v) is 8.28. The molecule has 2 rings (SSSR count). The first kappa shape index (κ1) is 17.9. The number of aliphatic hydroxyl groups is 1. The third kappa shape index (κ3) is 5.30. The van der Waals surface area contributed by atoms with E-state index in [1.54, 1.807) is 24.3 Å². The number of sulfonamides is 1. The van der Waals surface area contributed by atoms with Gasteiger partial charge >= 0.3 is 0 Å². The molecule has 128 valence electrons. The smallest absolute Gasteiger partial charge is 0.240 e. The first-order valence-corrected chi connectivity index (χ1v) is 9.24. The lowest BCUT2D eigenvalue weighted by molar-refractivity contribution is -0.127. The van der Waals surface area contributed by atoms with Crippen molar-refractivity contribution in [3.8, 4) is 0 Å². The molecule has 1 amide bonds. The number of hydrogen-bond acceptors (Lipinski definition) is 4. The summed E-state index contributed by atoms with van der Waals surface area (Å²) in [5, 5.41) is 9.61. The Kier molecular flexibility index (Phi) is 5.44. The van der Waals surface area contributed by atoms with Gasteiger partial charge in [-0.2, -0.15) is 0 Å². The summed E-state index contributed by atoms with van der Waals surface area (Å²) in [6.45, 7) is 4.51. The Labute approximate surface area is 137 Å². The van der Waals surface area contributed by atoms with E-state index in [-0.39, 0.29) is 17.3 Å². The molecule has 7 heteroatoms. The van der Waals surface area contributed by atoms with Crippen molar-refractivity contribution < 1.29 is 18.3 Å². The number of hydrogen-bond donors (Lipinski definition) is 2. The van der Waals surface area contributed by atoms with Gasteiger partial charge in [0.1, 0.15) is 0 Å². The second-order valence-electron chi connectivity index (χ2n) is 6.52. The van der Waals surface area contributed by atoms with Crippen LogP contribution in [-0.2, 0) is 21.2 Å². The Hall–Kier alpha value is -1.44. The van der Waals surface area contributed by atoms with Crippen molar-refractivity contribution in [2.45, 2.75) is 43.6 Å². The molecular weight excluding hydrogens is 316 g/mol. The number of likely N-dealkylation sites (tertiary alicyclic amines) is 1. The Balaban J connectivity index is 1.94. The molecule has 1 aliphatic rings. The topological polar surface area (TPSA) is 86.7 Å². The average Bonchev–Trinajstić information content (AvgIpc) is 2.88. The molecular formula is C16H24N2O4S. The minimum absolute atomic E-state index is 0.0475. The minimum atomic E-state index is -3.62. The maximum Gasteiger partial charge on any atom is 0.240 e. The zero-order valence-corrected chi connectivity index (χ0v) is 14.4. The van der Waals surface area contributed by atoms with Crippen LogP contribution in [0.2, 0.25) is 0 Å². The van der Waals surface area contributed by atoms with Gasteiger partial charge in [0.15, 0.2) is 0 Å². The van der Waals surface area contributed by atoms with Crippen molar-refractivity contribution in [3.63, 3.8) is 0 Å². The Bertz CT molecular complexity index is 648. The molecule has 0 aromatic heterocycles. The highest BCUT2D eigenvalue weighted by molar-refractivity contribution is 7.89. The molecule has 0 bridgehead atoms. The summed E-state index contributed by atoms with van der Waals surface area (Å²) in [5.74, 6) is 0.194. The molecule has 23 heavy (non-hydrogen) atoms. The second kappa shape index (κ2) is 6.98. The van der Waals surface area contributed by atoms with Crippen LogP contribution in [0.1, 0.15) is 32.3 Å². The van der Waals surface area contributed by atoms with Gasteiger partial charge in [-0.25, -0.2) is 13.1 Å². The molecule has 0 spiro atoms. The molecule has 2 N–H and O–H groups in total.